The molecule has 256 valence electrons. The fourth-order valence-corrected chi connectivity index (χ4v) is 7.00. The molecule has 0 radical (unpaired) electrons. The summed E-state index contributed by atoms with van der Waals surface area (Å²) in [5.74, 6) is -1.17. The first-order chi connectivity index (χ1) is 22.6. The summed E-state index contributed by atoms with van der Waals surface area (Å²) in [6.07, 6.45) is -1.38. The van der Waals surface area contributed by atoms with E-state index >= 15 is 0 Å². The van der Waals surface area contributed by atoms with Crippen molar-refractivity contribution in [1.29, 1.82) is 0 Å². The lowest BCUT2D eigenvalue weighted by atomic mass is 9.95. The predicted molar refractivity (Wildman–Crippen MR) is 173 cm³/mol. The molecule has 0 fully saturated rings. The van der Waals surface area contributed by atoms with Gasteiger partial charge in [-0.25, -0.2) is 9.97 Å². The van der Waals surface area contributed by atoms with Crippen molar-refractivity contribution < 1.29 is 36.3 Å². The number of halogens is 3. The standard InChI is InChI=1S/C31H36F3N8O5P/c1-18(2)47-48(44)15-19-7-8-23(25(11-19)45-6)40-29-36-13-21(31(32,33)34)27(41-29)39-24-10-9-22(38-26(24)28(43)35-5)20-12-37-42(14-20)16-30(3,4)17-46-48/h7-14,18H,15-17H2,1-6H3,(H,35,43)(H2,36,39,40,41)/t48-/m0/s1. The van der Waals surface area contributed by atoms with Crippen molar-refractivity contribution in [2.75, 3.05) is 31.4 Å². The summed E-state index contributed by atoms with van der Waals surface area (Å²) >= 11 is 0. The van der Waals surface area contributed by atoms with Gasteiger partial charge >= 0.3 is 13.8 Å². The van der Waals surface area contributed by atoms with Crippen LogP contribution in [0.15, 0.2) is 48.9 Å². The Kier molecular flexibility index (Phi) is 9.81. The van der Waals surface area contributed by atoms with Crippen LogP contribution in [0.3, 0.4) is 0 Å². The Bertz CT molecular complexity index is 1860. The average molecular weight is 689 g/mol. The third kappa shape index (κ3) is 8.12. The first-order valence-electron chi connectivity index (χ1n) is 14.9. The highest BCUT2D eigenvalue weighted by Crippen LogP contribution is 2.54. The van der Waals surface area contributed by atoms with Gasteiger partial charge in [0.05, 0.1) is 49.2 Å². The van der Waals surface area contributed by atoms with Crippen molar-refractivity contribution in [3.63, 3.8) is 0 Å². The molecule has 0 unspecified atom stereocenters. The minimum Gasteiger partial charge on any atom is -0.495 e. The molecule has 8 rings (SSSR count). The second-order valence-electron chi connectivity index (χ2n) is 12.2. The van der Waals surface area contributed by atoms with Gasteiger partial charge in [-0.1, -0.05) is 19.9 Å². The van der Waals surface area contributed by atoms with Gasteiger partial charge in [0.2, 0.25) is 5.95 Å². The predicted octanol–water partition coefficient (Wildman–Crippen LogP) is 6.78. The minimum absolute atomic E-state index is 0.0176. The molecule has 13 nitrogen and oxygen atoms in total. The largest absolute Gasteiger partial charge is 0.495 e. The first-order valence-corrected chi connectivity index (χ1v) is 16.6. The number of hydrogen-bond acceptors (Lipinski definition) is 11. The Morgan fingerprint density at radius 2 is 1.88 bits per heavy atom. The van der Waals surface area contributed by atoms with Gasteiger partial charge in [0.25, 0.3) is 5.91 Å². The van der Waals surface area contributed by atoms with Crippen LogP contribution in [0.1, 0.15) is 49.3 Å². The lowest BCUT2D eigenvalue weighted by molar-refractivity contribution is -0.137. The van der Waals surface area contributed by atoms with E-state index in [0.717, 1.165) is 0 Å². The Hall–Kier alpha value is -4.53. The van der Waals surface area contributed by atoms with E-state index in [9.17, 15) is 22.5 Å². The SMILES string of the molecule is CNC(=O)c1nc2ccc1Nc1nc(ncc1C(F)(F)F)Nc1ccc(cc1OC)C[P@@](=O)(OC(C)C)OCC(C)(C)Cn1cc-2cn1. The highest BCUT2D eigenvalue weighted by atomic mass is 31.2. The molecule has 4 aliphatic rings. The van der Waals surface area contributed by atoms with Gasteiger partial charge in [0.15, 0.2) is 5.69 Å². The Morgan fingerprint density at radius 3 is 2.56 bits per heavy atom. The molecule has 4 aromatic rings. The maximum atomic E-state index is 14.1. The van der Waals surface area contributed by atoms with Gasteiger partial charge in [0, 0.05) is 37.0 Å². The number of carbonyl (C=O) groups excluding carboxylic acids is 1. The maximum absolute atomic E-state index is 14.1. The number of benzene rings is 1. The van der Waals surface area contributed by atoms with Crippen molar-refractivity contribution in [2.24, 2.45) is 5.41 Å². The van der Waals surface area contributed by atoms with Crippen LogP contribution < -0.4 is 20.7 Å². The number of pyridine rings is 1. The third-order valence-electron chi connectivity index (χ3n) is 7.12. The molecule has 0 aliphatic carbocycles. The molecule has 1 atom stereocenters. The summed E-state index contributed by atoms with van der Waals surface area (Å²) in [4.78, 5) is 25.4. The molecular weight excluding hydrogens is 652 g/mol. The minimum atomic E-state index is -4.83. The zero-order valence-electron chi connectivity index (χ0n) is 27.2. The van der Waals surface area contributed by atoms with Crippen molar-refractivity contribution in [1.82, 2.24) is 30.0 Å². The fourth-order valence-electron chi connectivity index (χ4n) is 4.94. The maximum Gasteiger partial charge on any atom is 0.421 e. The zero-order chi connectivity index (χ0) is 34.9. The van der Waals surface area contributed by atoms with Crippen LogP contribution in [-0.2, 0) is 32.5 Å². The van der Waals surface area contributed by atoms with Crippen LogP contribution in [0.5, 0.6) is 5.75 Å². The van der Waals surface area contributed by atoms with Crippen LogP contribution in [0.25, 0.3) is 11.3 Å². The van der Waals surface area contributed by atoms with E-state index < -0.39 is 42.6 Å². The number of methoxy groups -OCH3 is 1. The number of rotatable bonds is 4. The highest BCUT2D eigenvalue weighted by Gasteiger charge is 2.36. The summed E-state index contributed by atoms with van der Waals surface area (Å²) < 4.78 is 75.5. The van der Waals surface area contributed by atoms with E-state index in [-0.39, 0.29) is 35.8 Å². The number of alkyl halides is 3. The van der Waals surface area contributed by atoms with Crippen LogP contribution >= 0.6 is 7.60 Å². The van der Waals surface area contributed by atoms with Crippen molar-refractivity contribution in [3.05, 3.63) is 65.7 Å². The molecule has 0 saturated carbocycles. The van der Waals surface area contributed by atoms with Gasteiger partial charge < -0.3 is 29.7 Å². The van der Waals surface area contributed by atoms with E-state index in [4.69, 9.17) is 13.8 Å². The van der Waals surface area contributed by atoms with Crippen LogP contribution in [0.2, 0.25) is 0 Å². The number of ether oxygens (including phenoxy) is 1. The van der Waals surface area contributed by atoms with Gasteiger partial charge in [-0.3, -0.25) is 14.0 Å². The van der Waals surface area contributed by atoms with Gasteiger partial charge in [-0.15, -0.1) is 0 Å². The third-order valence-corrected chi connectivity index (χ3v) is 9.13. The van der Waals surface area contributed by atoms with E-state index in [1.54, 1.807) is 55.2 Å². The van der Waals surface area contributed by atoms with Crippen LogP contribution in [0, 0.1) is 5.41 Å². The van der Waals surface area contributed by atoms with Crippen LogP contribution in [-0.4, -0.2) is 57.5 Å². The number of carbonyl (C=O) groups is 1. The van der Waals surface area contributed by atoms with E-state index in [1.807, 2.05) is 13.8 Å². The van der Waals surface area contributed by atoms with E-state index in [0.29, 0.717) is 35.2 Å². The molecule has 7 heterocycles. The molecule has 8 bridgehead atoms. The van der Waals surface area contributed by atoms with E-state index in [1.165, 1.54) is 20.2 Å². The molecule has 3 aromatic heterocycles. The van der Waals surface area contributed by atoms with Gasteiger partial charge in [-0.2, -0.15) is 23.3 Å². The van der Waals surface area contributed by atoms with Gasteiger partial charge in [-0.05, 0) is 43.7 Å². The summed E-state index contributed by atoms with van der Waals surface area (Å²) in [5.41, 5.74) is -0.0974. The fraction of sp³-hybridized carbons (Fsp3) is 0.387. The molecule has 0 saturated heterocycles. The van der Waals surface area contributed by atoms with Crippen LogP contribution in [0.4, 0.5) is 36.3 Å². The molecule has 3 N–H and O–H groups in total. The second kappa shape index (κ2) is 13.5. The summed E-state index contributed by atoms with van der Waals surface area (Å²) in [6.45, 7) is 7.84. The average Bonchev–Trinajstić information content (AvgIpc) is 3.47. The van der Waals surface area contributed by atoms with Crippen molar-refractivity contribution in [3.8, 4) is 17.0 Å². The number of aromatic nitrogens is 5. The highest BCUT2D eigenvalue weighted by molar-refractivity contribution is 7.53. The molecule has 48 heavy (non-hydrogen) atoms. The lowest BCUT2D eigenvalue weighted by Crippen LogP contribution is -2.26. The topological polar surface area (TPSA) is 154 Å². The monoisotopic (exact) mass is 688 g/mol. The zero-order valence-corrected chi connectivity index (χ0v) is 28.1. The quantitative estimate of drug-likeness (QED) is 0.194. The van der Waals surface area contributed by atoms with Gasteiger partial charge in [0.1, 0.15) is 17.1 Å². The lowest BCUT2D eigenvalue weighted by Gasteiger charge is -2.28. The molecule has 0 spiro atoms. The number of nitrogens with one attached hydrogen (secondary N) is 3. The number of amides is 1. The van der Waals surface area contributed by atoms with Crippen molar-refractivity contribution in [2.45, 2.75) is 52.7 Å². The molecule has 4 aliphatic heterocycles. The summed E-state index contributed by atoms with van der Waals surface area (Å²) in [6, 6.07) is 7.88. The smallest absolute Gasteiger partial charge is 0.421 e. The Labute approximate surface area is 275 Å². The van der Waals surface area contributed by atoms with Crippen molar-refractivity contribution >= 4 is 36.6 Å². The summed E-state index contributed by atoms with van der Waals surface area (Å²) in [5, 5.41) is 12.4. The Morgan fingerprint density at radius 1 is 1.12 bits per heavy atom. The number of nitrogens with zero attached hydrogens (tertiary/aromatic N) is 5. The molecule has 1 amide bonds. The second-order valence-corrected chi connectivity index (χ2v) is 14.2. The first kappa shape index (κ1) is 34.8. The Balaban J connectivity index is 1.66. The molecule has 17 heteroatoms. The normalized spacial score (nSPS) is 18.0. The molecular formula is C31H36F3N8O5P. The molecule has 1 aromatic carbocycles. The summed E-state index contributed by atoms with van der Waals surface area (Å²) in [7, 11) is -0.889. The van der Waals surface area contributed by atoms with E-state index in [2.05, 4.69) is 36.0 Å². The number of anilines is 4. The number of hydrogen-bond donors (Lipinski definition) is 3.